The number of esters is 1. The lowest BCUT2D eigenvalue weighted by molar-refractivity contribution is -0.205. The molecule has 0 spiro atoms. The molecule has 4 N–H and O–H groups in total. The van der Waals surface area contributed by atoms with Gasteiger partial charge < -0.3 is 20.9 Å². The molecular formula is C31H53ClN2O5S. The number of nitrogens with one attached hydrogen (secondary N) is 1. The number of aliphatic hydroxyl groups excluding tert-OH is 1. The minimum absolute atomic E-state index is 0. The molecule has 3 fully saturated rings. The second-order valence-corrected chi connectivity index (χ2v) is 15.8. The maximum absolute atomic E-state index is 13.5. The predicted octanol–water partition coefficient (Wildman–Crippen LogP) is 4.93. The standard InChI is InChI=1S/C31H52N2O5S.ClH/c1-10-29(8)15-22(38-23(35)16-39-28(6,7)17-33-27(37)24(32)18(2)3)30(9)19(4)11-13-31(20(5)26(29)36)14-12-21(34)25(30)31;/h10,18-20,22,24-26,36H,1,11-17,32H2,2-9H3,(H,33,37);1H/t19?,20-,22+,24?,25-,26-,29+,30-,31-;/m0./s1. The van der Waals surface area contributed by atoms with Crippen molar-refractivity contribution in [3.05, 3.63) is 12.7 Å². The normalized spacial score (nSPS) is 38.4. The molecule has 0 aromatic heterocycles. The van der Waals surface area contributed by atoms with Gasteiger partial charge in [-0.15, -0.1) is 30.7 Å². The summed E-state index contributed by atoms with van der Waals surface area (Å²) in [6.45, 7) is 20.7. The second-order valence-electron chi connectivity index (χ2n) is 14.1. The van der Waals surface area contributed by atoms with Crippen molar-refractivity contribution < 1.29 is 24.2 Å². The number of ketones is 1. The van der Waals surface area contributed by atoms with Gasteiger partial charge in [0.25, 0.3) is 0 Å². The summed E-state index contributed by atoms with van der Waals surface area (Å²) in [5.41, 5.74) is 4.49. The molecule has 230 valence electrons. The lowest BCUT2D eigenvalue weighted by Crippen LogP contribution is -2.63. The second kappa shape index (κ2) is 12.6. The Balaban J connectivity index is 0.00000560. The van der Waals surface area contributed by atoms with Crippen molar-refractivity contribution in [2.45, 2.75) is 110 Å². The third kappa shape index (κ3) is 6.30. The molecule has 3 saturated carbocycles. The number of carbonyl (C=O) groups is 3. The van der Waals surface area contributed by atoms with Gasteiger partial charge in [-0.05, 0) is 62.7 Å². The van der Waals surface area contributed by atoms with E-state index >= 15 is 0 Å². The number of halogens is 1. The van der Waals surface area contributed by atoms with Crippen LogP contribution in [-0.2, 0) is 19.1 Å². The van der Waals surface area contributed by atoms with Crippen LogP contribution in [0.25, 0.3) is 0 Å². The van der Waals surface area contributed by atoms with Gasteiger partial charge in [0.05, 0.1) is 17.9 Å². The van der Waals surface area contributed by atoms with Crippen molar-refractivity contribution in [1.29, 1.82) is 0 Å². The Labute approximate surface area is 252 Å². The van der Waals surface area contributed by atoms with E-state index in [1.54, 1.807) is 0 Å². The maximum atomic E-state index is 13.5. The molecule has 0 aromatic rings. The van der Waals surface area contributed by atoms with Crippen LogP contribution in [0.1, 0.15) is 87.5 Å². The minimum atomic E-state index is -0.684. The SMILES string of the molecule is C=C[C@]1(C)C[C@@H](OC(=O)CSC(C)(C)CNC(=O)C(N)C(C)C)[C@]2(C)C(C)CC[C@]3(CCC(=O)[C@H]32)[C@@H](C)[C@@H]1O.Cl. The van der Waals surface area contributed by atoms with Gasteiger partial charge in [-0.1, -0.05) is 47.6 Å². The van der Waals surface area contributed by atoms with Gasteiger partial charge in [-0.3, -0.25) is 14.4 Å². The van der Waals surface area contributed by atoms with E-state index in [4.69, 9.17) is 10.5 Å². The first-order chi connectivity index (χ1) is 17.9. The summed E-state index contributed by atoms with van der Waals surface area (Å²) in [5.74, 6) is -0.243. The number of hydrogen-bond donors (Lipinski definition) is 3. The molecule has 3 rings (SSSR count). The Morgan fingerprint density at radius 3 is 2.48 bits per heavy atom. The van der Waals surface area contributed by atoms with Crippen LogP contribution in [0.5, 0.6) is 0 Å². The van der Waals surface area contributed by atoms with Crippen LogP contribution < -0.4 is 11.1 Å². The molecule has 2 unspecified atom stereocenters. The first-order valence-electron chi connectivity index (χ1n) is 14.7. The Kier molecular flexibility index (Phi) is 11.1. The highest BCUT2D eigenvalue weighted by molar-refractivity contribution is 8.01. The Morgan fingerprint density at radius 1 is 1.27 bits per heavy atom. The molecule has 7 nitrogen and oxygen atoms in total. The van der Waals surface area contributed by atoms with Crippen molar-refractivity contribution >= 4 is 41.8 Å². The number of carbonyl (C=O) groups excluding carboxylic acids is 3. The maximum Gasteiger partial charge on any atom is 0.316 e. The third-order valence-electron chi connectivity index (χ3n) is 10.9. The van der Waals surface area contributed by atoms with Gasteiger partial charge in [-0.2, -0.15) is 0 Å². The van der Waals surface area contributed by atoms with E-state index in [9.17, 15) is 19.5 Å². The highest BCUT2D eigenvalue weighted by Gasteiger charge is 2.68. The van der Waals surface area contributed by atoms with E-state index in [1.165, 1.54) is 11.8 Å². The molecule has 9 heteroatoms. The van der Waals surface area contributed by atoms with Crippen LogP contribution in [0.3, 0.4) is 0 Å². The smallest absolute Gasteiger partial charge is 0.316 e. The number of aliphatic hydroxyl groups is 1. The molecule has 3 aliphatic rings. The quantitative estimate of drug-likeness (QED) is 0.254. The fourth-order valence-corrected chi connectivity index (χ4v) is 8.47. The summed E-state index contributed by atoms with van der Waals surface area (Å²) in [6, 6.07) is -0.573. The average molecular weight is 601 g/mol. The number of rotatable bonds is 9. The van der Waals surface area contributed by atoms with Crippen molar-refractivity contribution in [2.75, 3.05) is 12.3 Å². The summed E-state index contributed by atoms with van der Waals surface area (Å²) in [7, 11) is 0. The van der Waals surface area contributed by atoms with Crippen LogP contribution in [0.15, 0.2) is 12.7 Å². The molecule has 0 aliphatic heterocycles. The van der Waals surface area contributed by atoms with E-state index in [0.717, 1.165) is 19.3 Å². The van der Waals surface area contributed by atoms with E-state index < -0.39 is 33.8 Å². The number of nitrogens with two attached hydrogens (primary N) is 1. The van der Waals surface area contributed by atoms with Gasteiger partial charge in [0.15, 0.2) is 0 Å². The van der Waals surface area contributed by atoms with Crippen LogP contribution in [0.4, 0.5) is 0 Å². The topological polar surface area (TPSA) is 119 Å². The van der Waals surface area contributed by atoms with Gasteiger partial charge in [0.2, 0.25) is 5.91 Å². The lowest BCUT2D eigenvalue weighted by Gasteiger charge is -2.61. The van der Waals surface area contributed by atoms with Crippen molar-refractivity contribution in [3.8, 4) is 0 Å². The number of ether oxygens (including phenoxy) is 1. The fourth-order valence-electron chi connectivity index (χ4n) is 7.72. The lowest BCUT2D eigenvalue weighted by atomic mass is 9.44. The molecular weight excluding hydrogens is 548 g/mol. The first kappa shape index (κ1) is 35.1. The average Bonchev–Trinajstić information content (AvgIpc) is 3.24. The largest absolute Gasteiger partial charge is 0.461 e. The van der Waals surface area contributed by atoms with E-state index in [2.05, 4.69) is 32.7 Å². The van der Waals surface area contributed by atoms with Gasteiger partial charge in [0, 0.05) is 34.5 Å². The molecule has 2 bridgehead atoms. The van der Waals surface area contributed by atoms with E-state index in [1.807, 2.05) is 40.7 Å². The van der Waals surface area contributed by atoms with Gasteiger partial charge >= 0.3 is 5.97 Å². The summed E-state index contributed by atoms with van der Waals surface area (Å²) < 4.78 is 5.92. The third-order valence-corrected chi connectivity index (χ3v) is 12.2. The number of hydrogen-bond acceptors (Lipinski definition) is 7. The van der Waals surface area contributed by atoms with Crippen molar-refractivity contribution in [1.82, 2.24) is 5.32 Å². The Hall–Kier alpha value is -1.09. The molecule has 1 amide bonds. The van der Waals surface area contributed by atoms with E-state index in [-0.39, 0.29) is 64.9 Å². The van der Waals surface area contributed by atoms with Gasteiger partial charge in [0.1, 0.15) is 11.9 Å². The zero-order chi connectivity index (χ0) is 29.6. The van der Waals surface area contributed by atoms with E-state index in [0.29, 0.717) is 19.4 Å². The van der Waals surface area contributed by atoms with Crippen molar-refractivity contribution in [3.63, 3.8) is 0 Å². The van der Waals surface area contributed by atoms with Crippen LogP contribution in [0.2, 0.25) is 0 Å². The number of Topliss-reactive ketones (excluding diaryl/α,β-unsaturated/α-hetero) is 1. The van der Waals surface area contributed by atoms with Crippen LogP contribution in [0, 0.1) is 39.9 Å². The highest BCUT2D eigenvalue weighted by Crippen LogP contribution is 2.68. The summed E-state index contributed by atoms with van der Waals surface area (Å²) in [4.78, 5) is 39.2. The molecule has 0 radical (unpaired) electrons. The summed E-state index contributed by atoms with van der Waals surface area (Å²) >= 11 is 1.43. The van der Waals surface area contributed by atoms with Crippen LogP contribution in [-0.4, -0.2) is 58.1 Å². The number of amides is 1. The molecule has 0 heterocycles. The highest BCUT2D eigenvalue weighted by atomic mass is 35.5. The monoisotopic (exact) mass is 600 g/mol. The first-order valence-corrected chi connectivity index (χ1v) is 15.6. The molecule has 40 heavy (non-hydrogen) atoms. The molecule has 0 aromatic carbocycles. The predicted molar refractivity (Wildman–Crippen MR) is 164 cm³/mol. The van der Waals surface area contributed by atoms with Crippen molar-refractivity contribution in [2.24, 2.45) is 45.7 Å². The van der Waals surface area contributed by atoms with Crippen LogP contribution >= 0.6 is 24.2 Å². The Bertz CT molecular complexity index is 975. The van der Waals surface area contributed by atoms with Gasteiger partial charge in [-0.25, -0.2) is 0 Å². The molecule has 3 aliphatic carbocycles. The summed E-state index contributed by atoms with van der Waals surface area (Å²) in [6.07, 6.45) is 4.17. The fraction of sp³-hybridized carbons (Fsp3) is 0.839. The Morgan fingerprint density at radius 2 is 1.90 bits per heavy atom. The number of thioether (sulfide) groups is 1. The molecule has 9 atom stereocenters. The minimum Gasteiger partial charge on any atom is -0.461 e. The molecule has 0 saturated heterocycles. The zero-order valence-electron chi connectivity index (χ0n) is 25.7. The summed E-state index contributed by atoms with van der Waals surface area (Å²) in [5, 5.41) is 14.6. The zero-order valence-corrected chi connectivity index (χ0v) is 27.4.